The van der Waals surface area contributed by atoms with Crippen LogP contribution in [0.3, 0.4) is 0 Å². The van der Waals surface area contributed by atoms with Gasteiger partial charge in [0.25, 0.3) is 5.56 Å². The molecule has 0 radical (unpaired) electrons. The molecular weight excluding hydrogens is 419 g/mol. The zero-order valence-corrected chi connectivity index (χ0v) is 18.7. The summed E-state index contributed by atoms with van der Waals surface area (Å²) in [6.07, 6.45) is 3.67. The van der Waals surface area contributed by atoms with Crippen LogP contribution < -0.4 is 10.3 Å². The molecule has 2 atom stereocenters. The summed E-state index contributed by atoms with van der Waals surface area (Å²) < 4.78 is 21.5. The summed E-state index contributed by atoms with van der Waals surface area (Å²) >= 11 is 0. The van der Waals surface area contributed by atoms with Crippen LogP contribution in [0.5, 0.6) is 5.75 Å². The number of ether oxygens (including phenoxy) is 1. The molecule has 0 spiro atoms. The Morgan fingerprint density at radius 3 is 2.61 bits per heavy atom. The van der Waals surface area contributed by atoms with E-state index in [9.17, 15) is 14.3 Å². The normalized spacial score (nSPS) is 17.6. The molecule has 1 N–H and O–H groups in total. The van der Waals surface area contributed by atoms with Crippen molar-refractivity contribution in [1.29, 1.82) is 0 Å². The van der Waals surface area contributed by atoms with Gasteiger partial charge in [-0.3, -0.25) is 9.36 Å². The van der Waals surface area contributed by atoms with Gasteiger partial charge in [0, 0.05) is 12.1 Å². The van der Waals surface area contributed by atoms with E-state index in [1.165, 1.54) is 6.08 Å². The molecule has 6 heteroatoms. The van der Waals surface area contributed by atoms with Gasteiger partial charge in [-0.05, 0) is 38.0 Å². The topological polar surface area (TPSA) is 64.3 Å². The van der Waals surface area contributed by atoms with Crippen molar-refractivity contribution in [3.63, 3.8) is 0 Å². The van der Waals surface area contributed by atoms with E-state index in [4.69, 9.17) is 9.72 Å². The maximum atomic E-state index is 14.2. The molecule has 0 amide bonds. The minimum Gasteiger partial charge on any atom is -0.493 e. The number of aryl methyl sites for hydroxylation is 2. The number of benzene rings is 2. The van der Waals surface area contributed by atoms with Crippen molar-refractivity contribution >= 4 is 0 Å². The SMILES string of the molecule is CCOc1ccccc1-c1c(C)nc(C2C=CC=C(F)C2O)n(CCc2ccccc2)c1=O. The number of para-hydroxylation sites is 1. The quantitative estimate of drug-likeness (QED) is 0.570. The number of rotatable bonds is 7. The standard InChI is InChI=1S/C27H27FN2O3/c1-3-33-23-15-8-7-12-20(23)24-18(2)29-26(21-13-9-14-22(28)25(21)31)30(27(24)32)17-16-19-10-5-4-6-11-19/h4-15,21,25,31H,3,16-17H2,1-2H3. The molecule has 1 aromatic heterocycles. The van der Waals surface area contributed by atoms with Crippen LogP contribution >= 0.6 is 0 Å². The van der Waals surface area contributed by atoms with Crippen molar-refractivity contribution in [2.24, 2.45) is 0 Å². The fourth-order valence-corrected chi connectivity index (χ4v) is 4.17. The van der Waals surface area contributed by atoms with E-state index in [2.05, 4.69) is 0 Å². The summed E-state index contributed by atoms with van der Waals surface area (Å²) in [5, 5.41) is 10.5. The highest BCUT2D eigenvalue weighted by Gasteiger charge is 2.30. The summed E-state index contributed by atoms with van der Waals surface area (Å²) in [4.78, 5) is 18.6. The number of hydrogen-bond donors (Lipinski definition) is 1. The highest BCUT2D eigenvalue weighted by atomic mass is 19.1. The Bertz CT molecular complexity index is 1250. The molecule has 1 aliphatic rings. The monoisotopic (exact) mass is 446 g/mol. The lowest BCUT2D eigenvalue weighted by Crippen LogP contribution is -2.33. The van der Waals surface area contributed by atoms with Crippen LogP contribution in [-0.4, -0.2) is 27.4 Å². The molecule has 33 heavy (non-hydrogen) atoms. The number of nitrogens with zero attached hydrogens (tertiary/aromatic N) is 2. The minimum absolute atomic E-state index is 0.240. The molecule has 0 fully saturated rings. The highest BCUT2D eigenvalue weighted by Crippen LogP contribution is 2.32. The van der Waals surface area contributed by atoms with E-state index >= 15 is 0 Å². The van der Waals surface area contributed by atoms with E-state index in [1.54, 1.807) is 23.6 Å². The Kier molecular flexibility index (Phi) is 6.84. The number of aliphatic hydroxyl groups excluding tert-OH is 1. The van der Waals surface area contributed by atoms with Gasteiger partial charge in [-0.25, -0.2) is 9.37 Å². The second kappa shape index (κ2) is 9.96. The Labute approximate surface area is 192 Å². The molecule has 1 heterocycles. The number of aromatic nitrogens is 2. The summed E-state index contributed by atoms with van der Waals surface area (Å²) in [5.74, 6) is -0.447. The molecule has 0 bridgehead atoms. The van der Waals surface area contributed by atoms with E-state index < -0.39 is 17.8 Å². The van der Waals surface area contributed by atoms with E-state index in [1.807, 2.05) is 61.5 Å². The molecule has 0 saturated heterocycles. The molecule has 0 aliphatic heterocycles. The first-order valence-corrected chi connectivity index (χ1v) is 11.1. The van der Waals surface area contributed by atoms with Crippen molar-refractivity contribution in [3.05, 3.63) is 106 Å². The average molecular weight is 447 g/mol. The first-order chi connectivity index (χ1) is 16.0. The first kappa shape index (κ1) is 22.7. The first-order valence-electron chi connectivity index (χ1n) is 11.1. The second-order valence-electron chi connectivity index (χ2n) is 7.96. The second-order valence-corrected chi connectivity index (χ2v) is 7.96. The van der Waals surface area contributed by atoms with Crippen LogP contribution in [0.2, 0.25) is 0 Å². The Morgan fingerprint density at radius 1 is 1.12 bits per heavy atom. The smallest absolute Gasteiger partial charge is 0.261 e. The van der Waals surface area contributed by atoms with Crippen molar-refractivity contribution < 1.29 is 14.2 Å². The van der Waals surface area contributed by atoms with Crippen LogP contribution in [-0.2, 0) is 13.0 Å². The molecule has 4 rings (SSSR count). The third kappa shape index (κ3) is 4.66. The molecule has 2 aromatic carbocycles. The zero-order valence-electron chi connectivity index (χ0n) is 18.7. The predicted molar refractivity (Wildman–Crippen MR) is 127 cm³/mol. The average Bonchev–Trinajstić information content (AvgIpc) is 2.82. The van der Waals surface area contributed by atoms with Crippen LogP contribution in [0.15, 0.2) is 83.4 Å². The lowest BCUT2D eigenvalue weighted by molar-refractivity contribution is 0.160. The van der Waals surface area contributed by atoms with Gasteiger partial charge in [-0.15, -0.1) is 0 Å². The number of allylic oxidation sites excluding steroid dienone is 2. The van der Waals surface area contributed by atoms with Crippen molar-refractivity contribution in [2.75, 3.05) is 6.61 Å². The number of aliphatic hydroxyl groups is 1. The molecular formula is C27H27FN2O3. The minimum atomic E-state index is -1.38. The van der Waals surface area contributed by atoms with Gasteiger partial charge in [0.2, 0.25) is 0 Å². The van der Waals surface area contributed by atoms with Gasteiger partial charge in [0.05, 0.1) is 23.8 Å². The van der Waals surface area contributed by atoms with E-state index in [-0.39, 0.29) is 5.56 Å². The van der Waals surface area contributed by atoms with Crippen molar-refractivity contribution in [3.8, 4) is 16.9 Å². The van der Waals surface area contributed by atoms with Crippen LogP contribution in [0.25, 0.3) is 11.1 Å². The van der Waals surface area contributed by atoms with E-state index in [0.717, 1.165) is 5.56 Å². The van der Waals surface area contributed by atoms with Crippen molar-refractivity contribution in [1.82, 2.24) is 9.55 Å². The molecule has 170 valence electrons. The van der Waals surface area contributed by atoms with Gasteiger partial charge >= 0.3 is 0 Å². The molecule has 0 saturated carbocycles. The predicted octanol–water partition coefficient (Wildman–Crippen LogP) is 4.73. The summed E-state index contributed by atoms with van der Waals surface area (Å²) in [6, 6.07) is 17.2. The summed E-state index contributed by atoms with van der Waals surface area (Å²) in [7, 11) is 0. The van der Waals surface area contributed by atoms with Crippen LogP contribution in [0.4, 0.5) is 4.39 Å². The molecule has 1 aliphatic carbocycles. The fraction of sp³-hybridized carbons (Fsp3) is 0.259. The van der Waals surface area contributed by atoms with Crippen LogP contribution in [0, 0.1) is 6.92 Å². The van der Waals surface area contributed by atoms with Gasteiger partial charge in [0.1, 0.15) is 23.5 Å². The lowest BCUT2D eigenvalue weighted by Gasteiger charge is -2.25. The summed E-state index contributed by atoms with van der Waals surface area (Å²) in [6.45, 7) is 4.46. The Hall–Kier alpha value is -3.51. The number of hydrogen-bond acceptors (Lipinski definition) is 4. The lowest BCUT2D eigenvalue weighted by atomic mass is 9.94. The zero-order chi connectivity index (χ0) is 23.4. The Balaban J connectivity index is 1.87. The number of halogens is 1. The Morgan fingerprint density at radius 2 is 1.85 bits per heavy atom. The third-order valence-electron chi connectivity index (χ3n) is 5.80. The van der Waals surface area contributed by atoms with Crippen LogP contribution in [0.1, 0.15) is 29.9 Å². The van der Waals surface area contributed by atoms with Crippen molar-refractivity contribution in [2.45, 2.75) is 38.8 Å². The highest BCUT2D eigenvalue weighted by molar-refractivity contribution is 5.71. The fourth-order valence-electron chi connectivity index (χ4n) is 4.17. The maximum absolute atomic E-state index is 14.2. The van der Waals surface area contributed by atoms with Gasteiger partial charge in [0.15, 0.2) is 0 Å². The van der Waals surface area contributed by atoms with Gasteiger partial charge < -0.3 is 9.84 Å². The molecule has 5 nitrogen and oxygen atoms in total. The van der Waals surface area contributed by atoms with Gasteiger partial charge in [-0.1, -0.05) is 60.7 Å². The summed E-state index contributed by atoms with van der Waals surface area (Å²) in [5.41, 5.74) is 2.45. The third-order valence-corrected chi connectivity index (χ3v) is 5.80. The molecule has 2 unspecified atom stereocenters. The van der Waals surface area contributed by atoms with Gasteiger partial charge in [-0.2, -0.15) is 0 Å². The molecule has 3 aromatic rings. The largest absolute Gasteiger partial charge is 0.493 e. The van der Waals surface area contributed by atoms with E-state index in [0.29, 0.717) is 48.0 Å². The maximum Gasteiger partial charge on any atom is 0.261 e.